The molecule has 0 amide bonds. The smallest absolute Gasteiger partial charge is 0.205 e. The van der Waals surface area contributed by atoms with E-state index in [9.17, 15) is 10.1 Å². The normalized spacial score (nSPS) is 24.2. The Labute approximate surface area is 144 Å². The minimum atomic E-state index is -0.557. The van der Waals surface area contributed by atoms with Crippen molar-refractivity contribution in [1.29, 1.82) is 5.26 Å². The number of Topliss-reactive ketones (excluding diaryl/α,β-unsaturated/α-hetero) is 1. The third-order valence-corrected chi connectivity index (χ3v) is 4.88. The van der Waals surface area contributed by atoms with Crippen molar-refractivity contribution in [3.05, 3.63) is 56.6 Å². The lowest BCUT2D eigenvalue weighted by molar-refractivity contribution is -0.117. The molecule has 4 nitrogen and oxygen atoms in total. The van der Waals surface area contributed by atoms with Crippen molar-refractivity contribution in [2.45, 2.75) is 25.7 Å². The van der Waals surface area contributed by atoms with Crippen molar-refractivity contribution in [3.8, 4) is 6.07 Å². The van der Waals surface area contributed by atoms with Crippen LogP contribution < -0.4 is 5.73 Å². The second-order valence-corrected chi connectivity index (χ2v) is 6.69. The van der Waals surface area contributed by atoms with Crippen LogP contribution in [0.4, 0.5) is 0 Å². The summed E-state index contributed by atoms with van der Waals surface area (Å²) in [4.78, 5) is 12.6. The summed E-state index contributed by atoms with van der Waals surface area (Å²) < 4.78 is 5.57. The van der Waals surface area contributed by atoms with Gasteiger partial charge in [0.15, 0.2) is 5.78 Å². The minimum absolute atomic E-state index is 0.0185. The standard InChI is InChI=1S/C17H14Cl2N2O2/c1-8-4-13(22)16-14(5-8)23-17(21)10(7-20)15(16)9-2-3-11(18)12(19)6-9/h2-3,6,8,15H,4-5,21H2,1H3. The predicted octanol–water partition coefficient (Wildman–Crippen LogP) is 4.05. The maximum absolute atomic E-state index is 12.6. The average Bonchev–Trinajstić information content (AvgIpc) is 2.48. The second-order valence-electron chi connectivity index (χ2n) is 5.87. The highest BCUT2D eigenvalue weighted by Gasteiger charge is 2.39. The zero-order chi connectivity index (χ0) is 16.7. The van der Waals surface area contributed by atoms with Gasteiger partial charge in [-0.15, -0.1) is 0 Å². The molecule has 2 unspecified atom stereocenters. The molecule has 6 heteroatoms. The van der Waals surface area contributed by atoms with E-state index in [1.807, 2.05) is 6.92 Å². The number of nitrogens with zero attached hydrogens (tertiary/aromatic N) is 1. The first-order chi connectivity index (χ1) is 10.9. The number of allylic oxidation sites excluding steroid dienone is 3. The summed E-state index contributed by atoms with van der Waals surface area (Å²) in [6, 6.07) is 7.14. The van der Waals surface area contributed by atoms with Crippen LogP contribution in [0.1, 0.15) is 31.2 Å². The number of nitriles is 1. The Morgan fingerprint density at radius 1 is 1.30 bits per heavy atom. The van der Waals surface area contributed by atoms with Gasteiger partial charge in [-0.1, -0.05) is 36.2 Å². The van der Waals surface area contributed by atoms with Crippen LogP contribution in [0.2, 0.25) is 10.0 Å². The Bertz CT molecular complexity index is 805. The Kier molecular flexibility index (Phi) is 4.09. The molecule has 0 spiro atoms. The fraction of sp³-hybridized carbons (Fsp3) is 0.294. The highest BCUT2D eigenvalue weighted by molar-refractivity contribution is 6.42. The lowest BCUT2D eigenvalue weighted by Gasteiger charge is -2.33. The molecule has 2 aliphatic rings. The van der Waals surface area contributed by atoms with Crippen LogP contribution in [0.5, 0.6) is 0 Å². The first-order valence-electron chi connectivity index (χ1n) is 7.21. The molecule has 0 fully saturated rings. The maximum Gasteiger partial charge on any atom is 0.205 e. The molecule has 0 saturated heterocycles. The summed E-state index contributed by atoms with van der Waals surface area (Å²) in [5, 5.41) is 10.3. The second kappa shape index (κ2) is 5.92. The molecule has 1 aromatic carbocycles. The van der Waals surface area contributed by atoms with Gasteiger partial charge in [0.25, 0.3) is 0 Å². The van der Waals surface area contributed by atoms with Crippen molar-refractivity contribution in [1.82, 2.24) is 0 Å². The lowest BCUT2D eigenvalue weighted by Crippen LogP contribution is -2.29. The molecule has 0 aromatic heterocycles. The highest BCUT2D eigenvalue weighted by atomic mass is 35.5. The third kappa shape index (κ3) is 2.71. The van der Waals surface area contributed by atoms with E-state index in [4.69, 9.17) is 33.7 Å². The van der Waals surface area contributed by atoms with Crippen LogP contribution in [0.15, 0.2) is 41.0 Å². The molecule has 2 atom stereocenters. The van der Waals surface area contributed by atoms with Crippen LogP contribution in [0, 0.1) is 17.2 Å². The Morgan fingerprint density at radius 3 is 2.70 bits per heavy atom. The number of carbonyl (C=O) groups excluding carboxylic acids is 1. The minimum Gasteiger partial charge on any atom is -0.444 e. The van der Waals surface area contributed by atoms with Crippen molar-refractivity contribution < 1.29 is 9.53 Å². The van der Waals surface area contributed by atoms with Crippen molar-refractivity contribution >= 4 is 29.0 Å². The first-order valence-corrected chi connectivity index (χ1v) is 7.96. The van der Waals surface area contributed by atoms with Gasteiger partial charge >= 0.3 is 0 Å². The molecule has 3 rings (SSSR count). The third-order valence-electron chi connectivity index (χ3n) is 4.14. The molecule has 23 heavy (non-hydrogen) atoms. The molecular weight excluding hydrogens is 335 g/mol. The number of ketones is 1. The maximum atomic E-state index is 12.6. The van der Waals surface area contributed by atoms with Gasteiger partial charge in [0.2, 0.25) is 5.88 Å². The Balaban J connectivity index is 2.19. The van der Waals surface area contributed by atoms with E-state index in [0.717, 1.165) is 0 Å². The van der Waals surface area contributed by atoms with E-state index in [1.54, 1.807) is 18.2 Å². The number of benzene rings is 1. The summed E-state index contributed by atoms with van der Waals surface area (Å²) in [5.41, 5.74) is 7.35. The van der Waals surface area contributed by atoms with Gasteiger partial charge < -0.3 is 10.5 Å². The number of nitrogens with two attached hydrogens (primary N) is 1. The molecule has 2 N–H and O–H groups in total. The summed E-state index contributed by atoms with van der Waals surface area (Å²) in [6.07, 6.45) is 1.05. The van der Waals surface area contributed by atoms with Gasteiger partial charge in [-0.25, -0.2) is 0 Å². The molecule has 0 radical (unpaired) electrons. The van der Waals surface area contributed by atoms with Gasteiger partial charge in [-0.05, 0) is 23.6 Å². The fourth-order valence-electron chi connectivity index (χ4n) is 3.12. The summed E-state index contributed by atoms with van der Waals surface area (Å²) in [6.45, 7) is 1.99. The summed E-state index contributed by atoms with van der Waals surface area (Å²) in [5.74, 6) is 0.214. The van der Waals surface area contributed by atoms with Gasteiger partial charge in [0.1, 0.15) is 17.4 Å². The van der Waals surface area contributed by atoms with Crippen LogP contribution in [0.25, 0.3) is 0 Å². The zero-order valence-electron chi connectivity index (χ0n) is 12.4. The van der Waals surface area contributed by atoms with E-state index in [0.29, 0.717) is 39.8 Å². The van der Waals surface area contributed by atoms with E-state index in [2.05, 4.69) is 6.07 Å². The largest absolute Gasteiger partial charge is 0.444 e. The molecule has 1 heterocycles. The summed E-state index contributed by atoms with van der Waals surface area (Å²) in [7, 11) is 0. The van der Waals surface area contributed by atoms with Gasteiger partial charge in [0.05, 0.1) is 16.0 Å². The molecule has 118 valence electrons. The molecule has 1 aromatic rings. The van der Waals surface area contributed by atoms with Crippen molar-refractivity contribution in [2.24, 2.45) is 11.7 Å². The predicted molar refractivity (Wildman–Crippen MR) is 87.5 cm³/mol. The first kappa shape index (κ1) is 15.9. The SMILES string of the molecule is CC1CC(=O)C2=C(C1)OC(N)=C(C#N)C2c1ccc(Cl)c(Cl)c1. The lowest BCUT2D eigenvalue weighted by atomic mass is 9.75. The molecule has 1 aliphatic heterocycles. The van der Waals surface area contributed by atoms with Crippen LogP contribution in [-0.4, -0.2) is 5.78 Å². The number of halogens is 2. The quantitative estimate of drug-likeness (QED) is 0.830. The Morgan fingerprint density at radius 2 is 2.04 bits per heavy atom. The Hall–Kier alpha value is -1.96. The highest BCUT2D eigenvalue weighted by Crippen LogP contribution is 2.45. The number of ether oxygens (including phenoxy) is 1. The topological polar surface area (TPSA) is 76.1 Å². The van der Waals surface area contributed by atoms with E-state index < -0.39 is 5.92 Å². The number of hydrogen-bond donors (Lipinski definition) is 1. The van der Waals surface area contributed by atoms with Gasteiger partial charge in [-0.2, -0.15) is 5.26 Å². The average molecular weight is 349 g/mol. The number of hydrogen-bond acceptors (Lipinski definition) is 4. The zero-order valence-corrected chi connectivity index (χ0v) is 13.9. The van der Waals surface area contributed by atoms with E-state index in [1.165, 1.54) is 0 Å². The summed E-state index contributed by atoms with van der Waals surface area (Å²) >= 11 is 12.1. The van der Waals surface area contributed by atoms with E-state index in [-0.39, 0.29) is 23.2 Å². The monoisotopic (exact) mass is 348 g/mol. The molecule has 0 bridgehead atoms. The van der Waals surface area contributed by atoms with Gasteiger partial charge in [-0.3, -0.25) is 4.79 Å². The number of rotatable bonds is 1. The van der Waals surface area contributed by atoms with E-state index >= 15 is 0 Å². The van der Waals surface area contributed by atoms with Crippen LogP contribution >= 0.6 is 23.2 Å². The van der Waals surface area contributed by atoms with Crippen molar-refractivity contribution in [2.75, 3.05) is 0 Å². The molecular formula is C17H14Cl2N2O2. The van der Waals surface area contributed by atoms with Gasteiger partial charge in [0, 0.05) is 18.4 Å². The molecule has 1 aliphatic carbocycles. The fourth-order valence-corrected chi connectivity index (χ4v) is 3.42. The molecule has 0 saturated carbocycles. The van der Waals surface area contributed by atoms with Crippen LogP contribution in [0.3, 0.4) is 0 Å². The van der Waals surface area contributed by atoms with Crippen LogP contribution in [-0.2, 0) is 9.53 Å². The number of carbonyl (C=O) groups is 1. The van der Waals surface area contributed by atoms with Crippen molar-refractivity contribution in [3.63, 3.8) is 0 Å².